The van der Waals surface area contributed by atoms with Crippen molar-refractivity contribution in [1.82, 2.24) is 10.9 Å². The van der Waals surface area contributed by atoms with Crippen LogP contribution in [0.4, 0.5) is 4.39 Å². The number of rotatable bonds is 2. The van der Waals surface area contributed by atoms with Gasteiger partial charge in [0.25, 0.3) is 11.8 Å². The zero-order valence-corrected chi connectivity index (χ0v) is 14.0. The number of halogens is 1. The van der Waals surface area contributed by atoms with Crippen molar-refractivity contribution in [3.63, 3.8) is 0 Å². The molecule has 0 spiro atoms. The third kappa shape index (κ3) is 4.00. The van der Waals surface area contributed by atoms with Gasteiger partial charge in [0.05, 0.1) is 4.88 Å². The van der Waals surface area contributed by atoms with E-state index in [0.29, 0.717) is 4.88 Å². The zero-order valence-electron chi connectivity index (χ0n) is 13.2. The predicted octanol–water partition coefficient (Wildman–Crippen LogP) is 3.62. The molecule has 24 heavy (non-hydrogen) atoms. The Hall–Kier alpha value is -2.21. The Morgan fingerprint density at radius 2 is 1.71 bits per heavy atom. The predicted molar refractivity (Wildman–Crippen MR) is 91.5 cm³/mol. The topological polar surface area (TPSA) is 58.2 Å². The number of hydrazine groups is 1. The summed E-state index contributed by atoms with van der Waals surface area (Å²) in [5.74, 6) is -1.37. The minimum Gasteiger partial charge on any atom is -0.267 e. The van der Waals surface area contributed by atoms with Gasteiger partial charge in [-0.25, -0.2) is 4.39 Å². The maximum absolute atomic E-state index is 13.1. The number of amides is 2. The van der Waals surface area contributed by atoms with E-state index in [4.69, 9.17) is 0 Å². The SMILES string of the molecule is O=C(NNC(=O)c1cc2c(s1)CCCCCC2)c1cccc(F)c1. The molecule has 1 aliphatic carbocycles. The number of carbonyl (C=O) groups is 2. The van der Waals surface area contributed by atoms with Crippen molar-refractivity contribution in [3.8, 4) is 0 Å². The second-order valence-electron chi connectivity index (χ2n) is 5.89. The normalized spacial score (nSPS) is 14.2. The Morgan fingerprint density at radius 1 is 0.958 bits per heavy atom. The van der Waals surface area contributed by atoms with Gasteiger partial charge in [0.2, 0.25) is 0 Å². The van der Waals surface area contributed by atoms with Crippen LogP contribution in [0.5, 0.6) is 0 Å². The molecule has 1 aliphatic rings. The molecule has 1 aromatic heterocycles. The minimum absolute atomic E-state index is 0.161. The molecule has 0 saturated carbocycles. The van der Waals surface area contributed by atoms with Gasteiger partial charge in [-0.05, 0) is 55.5 Å². The summed E-state index contributed by atoms with van der Waals surface area (Å²) >= 11 is 1.49. The highest BCUT2D eigenvalue weighted by atomic mass is 32.1. The van der Waals surface area contributed by atoms with E-state index in [1.54, 1.807) is 0 Å². The molecule has 1 aromatic carbocycles. The lowest BCUT2D eigenvalue weighted by Gasteiger charge is -2.07. The first kappa shape index (κ1) is 16.6. The summed E-state index contributed by atoms with van der Waals surface area (Å²) in [6, 6.07) is 7.25. The molecule has 6 heteroatoms. The van der Waals surface area contributed by atoms with E-state index in [2.05, 4.69) is 10.9 Å². The van der Waals surface area contributed by atoms with Gasteiger partial charge < -0.3 is 0 Å². The molecule has 2 amide bonds. The average Bonchev–Trinajstić information content (AvgIpc) is 2.94. The summed E-state index contributed by atoms with van der Waals surface area (Å²) < 4.78 is 13.1. The number of aryl methyl sites for hydroxylation is 2. The first-order valence-corrected chi connectivity index (χ1v) is 8.93. The minimum atomic E-state index is -0.544. The number of nitrogens with one attached hydrogen (secondary N) is 2. The van der Waals surface area contributed by atoms with Crippen LogP contribution in [0.3, 0.4) is 0 Å². The molecule has 2 aromatic rings. The van der Waals surface area contributed by atoms with Crippen LogP contribution in [0.25, 0.3) is 0 Å². The number of benzene rings is 1. The molecule has 0 saturated heterocycles. The van der Waals surface area contributed by atoms with Crippen molar-refractivity contribution in [2.45, 2.75) is 38.5 Å². The highest BCUT2D eigenvalue weighted by molar-refractivity contribution is 7.14. The summed E-state index contributed by atoms with van der Waals surface area (Å²) in [6.45, 7) is 0. The molecule has 0 radical (unpaired) electrons. The molecule has 126 valence electrons. The molecule has 0 aliphatic heterocycles. The van der Waals surface area contributed by atoms with Crippen LogP contribution >= 0.6 is 11.3 Å². The van der Waals surface area contributed by atoms with Crippen molar-refractivity contribution >= 4 is 23.2 Å². The molecular weight excluding hydrogens is 327 g/mol. The second kappa shape index (κ2) is 7.57. The van der Waals surface area contributed by atoms with Crippen molar-refractivity contribution in [3.05, 3.63) is 57.0 Å². The van der Waals surface area contributed by atoms with E-state index in [9.17, 15) is 14.0 Å². The quantitative estimate of drug-likeness (QED) is 0.816. The van der Waals surface area contributed by atoms with Crippen LogP contribution in [0.15, 0.2) is 30.3 Å². The monoisotopic (exact) mass is 346 g/mol. The van der Waals surface area contributed by atoms with Gasteiger partial charge in [-0.3, -0.25) is 20.4 Å². The number of hydrogen-bond acceptors (Lipinski definition) is 3. The Bertz CT molecular complexity index is 732. The summed E-state index contributed by atoms with van der Waals surface area (Å²) in [5, 5.41) is 0. The zero-order chi connectivity index (χ0) is 16.9. The molecular formula is C18H19FN2O2S. The molecule has 0 fully saturated rings. The van der Waals surface area contributed by atoms with Crippen LogP contribution < -0.4 is 10.9 Å². The number of carbonyl (C=O) groups excluding carboxylic acids is 2. The largest absolute Gasteiger partial charge is 0.279 e. The first-order valence-electron chi connectivity index (χ1n) is 8.11. The molecule has 0 bridgehead atoms. The highest BCUT2D eigenvalue weighted by Gasteiger charge is 2.16. The Kier molecular flexibility index (Phi) is 5.25. The third-order valence-electron chi connectivity index (χ3n) is 4.10. The average molecular weight is 346 g/mol. The molecule has 0 unspecified atom stereocenters. The lowest BCUT2D eigenvalue weighted by atomic mass is 10.00. The third-order valence-corrected chi connectivity index (χ3v) is 5.33. The fourth-order valence-electron chi connectivity index (χ4n) is 2.83. The van der Waals surface area contributed by atoms with Gasteiger partial charge in [0.15, 0.2) is 0 Å². The van der Waals surface area contributed by atoms with Crippen molar-refractivity contribution in [1.29, 1.82) is 0 Å². The van der Waals surface area contributed by atoms with Gasteiger partial charge in [-0.1, -0.05) is 18.9 Å². The molecule has 1 heterocycles. The fourth-order valence-corrected chi connectivity index (χ4v) is 3.98. The summed E-state index contributed by atoms with van der Waals surface area (Å²) in [5.41, 5.74) is 6.15. The number of hydrogen-bond donors (Lipinski definition) is 2. The van der Waals surface area contributed by atoms with E-state index in [-0.39, 0.29) is 11.5 Å². The van der Waals surface area contributed by atoms with Crippen LogP contribution in [-0.2, 0) is 12.8 Å². The van der Waals surface area contributed by atoms with Crippen molar-refractivity contribution in [2.75, 3.05) is 0 Å². The lowest BCUT2D eigenvalue weighted by molar-refractivity contribution is 0.0848. The van der Waals surface area contributed by atoms with Crippen LogP contribution in [-0.4, -0.2) is 11.8 Å². The van der Waals surface area contributed by atoms with E-state index in [0.717, 1.165) is 31.7 Å². The van der Waals surface area contributed by atoms with Crippen molar-refractivity contribution in [2.24, 2.45) is 0 Å². The van der Waals surface area contributed by atoms with Gasteiger partial charge in [-0.2, -0.15) is 0 Å². The standard InChI is InChI=1S/C18H19FN2O2S/c19-14-8-5-7-13(10-14)17(22)20-21-18(23)16-11-12-6-3-1-2-4-9-15(12)24-16/h5,7-8,10-11H,1-4,6,9H2,(H,20,22)(H,21,23). The van der Waals surface area contributed by atoms with E-state index < -0.39 is 11.7 Å². The Morgan fingerprint density at radius 3 is 2.50 bits per heavy atom. The Labute approximate surface area is 144 Å². The van der Waals surface area contributed by atoms with Gasteiger partial charge in [-0.15, -0.1) is 11.3 Å². The molecule has 0 atom stereocenters. The number of thiophene rings is 1. The van der Waals surface area contributed by atoms with Crippen molar-refractivity contribution < 1.29 is 14.0 Å². The summed E-state index contributed by atoms with van der Waals surface area (Å²) in [6.07, 6.45) is 6.81. The smallest absolute Gasteiger partial charge is 0.267 e. The van der Waals surface area contributed by atoms with Crippen LogP contribution in [0.2, 0.25) is 0 Å². The second-order valence-corrected chi connectivity index (χ2v) is 7.03. The maximum atomic E-state index is 13.1. The van der Waals surface area contributed by atoms with E-state index >= 15 is 0 Å². The Balaban J connectivity index is 1.63. The highest BCUT2D eigenvalue weighted by Crippen LogP contribution is 2.28. The first-order chi connectivity index (χ1) is 11.6. The molecule has 2 N–H and O–H groups in total. The van der Waals surface area contributed by atoms with Gasteiger partial charge >= 0.3 is 0 Å². The maximum Gasteiger partial charge on any atom is 0.279 e. The van der Waals surface area contributed by atoms with Gasteiger partial charge in [0.1, 0.15) is 5.82 Å². The van der Waals surface area contributed by atoms with Crippen LogP contribution in [0.1, 0.15) is 56.2 Å². The molecule has 4 nitrogen and oxygen atoms in total. The lowest BCUT2D eigenvalue weighted by Crippen LogP contribution is -2.41. The van der Waals surface area contributed by atoms with Gasteiger partial charge in [0, 0.05) is 10.4 Å². The summed E-state index contributed by atoms with van der Waals surface area (Å²) in [7, 11) is 0. The van der Waals surface area contributed by atoms with E-state index in [1.165, 1.54) is 52.8 Å². The molecule has 3 rings (SSSR count). The van der Waals surface area contributed by atoms with E-state index in [1.807, 2.05) is 6.07 Å². The number of fused-ring (bicyclic) bond motifs is 1. The fraction of sp³-hybridized carbons (Fsp3) is 0.333. The van der Waals surface area contributed by atoms with Crippen LogP contribution in [0, 0.1) is 5.82 Å². The summed E-state index contributed by atoms with van der Waals surface area (Å²) in [4.78, 5) is 26.0.